The van der Waals surface area contributed by atoms with Crippen LogP contribution >= 0.6 is 0 Å². The fourth-order valence-electron chi connectivity index (χ4n) is 2.42. The van der Waals surface area contributed by atoms with Crippen molar-refractivity contribution in [2.75, 3.05) is 6.54 Å². The van der Waals surface area contributed by atoms with Crippen LogP contribution in [0, 0.1) is 5.92 Å². The molecule has 3 unspecified atom stereocenters. The van der Waals surface area contributed by atoms with Gasteiger partial charge in [-0.2, -0.15) is 0 Å². The Morgan fingerprint density at radius 3 is 2.56 bits per heavy atom. The Balaban J connectivity index is 2.80. The van der Waals surface area contributed by atoms with Gasteiger partial charge in [-0.05, 0) is 32.2 Å². The minimum absolute atomic E-state index is 0.0277. The van der Waals surface area contributed by atoms with E-state index in [2.05, 4.69) is 0 Å². The number of carboxylic acid groups (broad SMARTS) is 1. The second-order valence-electron chi connectivity index (χ2n) is 4.67. The summed E-state index contributed by atoms with van der Waals surface area (Å²) in [6.45, 7) is 3.95. The molecule has 7 nitrogen and oxygen atoms in total. The van der Waals surface area contributed by atoms with Crippen molar-refractivity contribution in [3.05, 3.63) is 0 Å². The lowest BCUT2D eigenvalue weighted by atomic mass is 9.89. The largest absolute Gasteiger partial charge is 0.480 e. The van der Waals surface area contributed by atoms with Crippen LogP contribution in [0.1, 0.15) is 26.7 Å². The number of hydrogen-bond donors (Lipinski definition) is 3. The number of rotatable bonds is 3. The van der Waals surface area contributed by atoms with Gasteiger partial charge in [0.25, 0.3) is 0 Å². The van der Waals surface area contributed by atoms with Crippen molar-refractivity contribution < 1.29 is 19.5 Å². The summed E-state index contributed by atoms with van der Waals surface area (Å²) in [5.41, 5.74) is 4.88. The molecule has 1 heterocycles. The molecule has 0 aromatic rings. The molecule has 0 saturated carbocycles. The third kappa shape index (κ3) is 3.19. The summed E-state index contributed by atoms with van der Waals surface area (Å²) in [6, 6.07) is -2.32. The zero-order chi connectivity index (χ0) is 13.9. The minimum atomic E-state index is -0.944. The molecule has 102 valence electrons. The highest BCUT2D eigenvalue weighted by Gasteiger charge is 2.38. The van der Waals surface area contributed by atoms with Crippen LogP contribution in [0.25, 0.3) is 0 Å². The predicted molar refractivity (Wildman–Crippen MR) is 63.7 cm³/mol. The molecule has 0 bridgehead atoms. The molecule has 3 amide bonds. The lowest BCUT2D eigenvalue weighted by Gasteiger charge is -2.40. The van der Waals surface area contributed by atoms with Crippen LogP contribution in [-0.2, 0) is 9.59 Å². The number of nitrogens with zero attached hydrogens (tertiary/aromatic N) is 1. The van der Waals surface area contributed by atoms with Crippen LogP contribution in [0.3, 0.4) is 0 Å². The average Bonchev–Trinajstić information content (AvgIpc) is 2.26. The molecular formula is C11H19N3O4. The third-order valence-electron chi connectivity index (χ3n) is 3.35. The topological polar surface area (TPSA) is 113 Å². The predicted octanol–water partition coefficient (Wildman–Crippen LogP) is -0.245. The van der Waals surface area contributed by atoms with E-state index in [1.807, 2.05) is 12.2 Å². The molecule has 1 aliphatic heterocycles. The van der Waals surface area contributed by atoms with Crippen LogP contribution in [0.15, 0.2) is 0 Å². The lowest BCUT2D eigenvalue weighted by Crippen LogP contribution is -2.57. The second-order valence-corrected chi connectivity index (χ2v) is 4.67. The Kier molecular flexibility index (Phi) is 4.66. The Labute approximate surface area is 105 Å². The summed E-state index contributed by atoms with van der Waals surface area (Å²) in [4.78, 5) is 35.2. The number of carbonyl (C=O) groups excluding carboxylic acids is 2. The molecule has 0 spiro atoms. The smallest absolute Gasteiger partial charge is 0.321 e. The number of hydrogen-bond acceptors (Lipinski definition) is 4. The van der Waals surface area contributed by atoms with Crippen LogP contribution in [-0.4, -0.2) is 46.5 Å². The van der Waals surface area contributed by atoms with Crippen molar-refractivity contribution in [2.45, 2.75) is 38.8 Å². The van der Waals surface area contributed by atoms with Gasteiger partial charge in [-0.1, -0.05) is 6.92 Å². The second kappa shape index (κ2) is 5.81. The normalized spacial score (nSPS) is 26.3. The fraction of sp³-hybridized carbons (Fsp3) is 0.727. The maximum atomic E-state index is 11.7. The van der Waals surface area contributed by atoms with E-state index in [0.29, 0.717) is 6.54 Å². The maximum absolute atomic E-state index is 11.7. The maximum Gasteiger partial charge on any atom is 0.321 e. The number of aliphatic carboxylic acids is 1. The van der Waals surface area contributed by atoms with Gasteiger partial charge in [0.15, 0.2) is 0 Å². The molecule has 1 aliphatic rings. The first-order valence-corrected chi connectivity index (χ1v) is 5.93. The molecule has 18 heavy (non-hydrogen) atoms. The number of amides is 3. The Hall–Kier alpha value is -1.63. The van der Waals surface area contributed by atoms with E-state index in [4.69, 9.17) is 5.73 Å². The molecule has 0 radical (unpaired) electrons. The number of likely N-dealkylation sites (tertiary alicyclic amines) is 1. The molecule has 3 atom stereocenters. The van der Waals surface area contributed by atoms with E-state index in [0.717, 1.165) is 12.8 Å². The number of nitrogens with one attached hydrogen (secondary N) is 1. The monoisotopic (exact) mass is 257 g/mol. The van der Waals surface area contributed by atoms with Gasteiger partial charge in [-0.15, -0.1) is 0 Å². The number of urea groups is 1. The zero-order valence-corrected chi connectivity index (χ0v) is 10.5. The van der Waals surface area contributed by atoms with Gasteiger partial charge in [0.1, 0.15) is 6.04 Å². The first kappa shape index (κ1) is 14.4. The first-order valence-electron chi connectivity index (χ1n) is 5.93. The molecule has 1 fully saturated rings. The molecule has 1 rings (SSSR count). The highest BCUT2D eigenvalue weighted by Crippen LogP contribution is 2.25. The van der Waals surface area contributed by atoms with Crippen molar-refractivity contribution in [1.82, 2.24) is 10.2 Å². The summed E-state index contributed by atoms with van der Waals surface area (Å²) in [5, 5.41) is 11.2. The molecular weight excluding hydrogens is 238 g/mol. The molecule has 1 saturated heterocycles. The van der Waals surface area contributed by atoms with Crippen molar-refractivity contribution in [3.63, 3.8) is 0 Å². The highest BCUT2D eigenvalue weighted by atomic mass is 16.4. The van der Waals surface area contributed by atoms with Crippen molar-refractivity contribution >= 4 is 17.9 Å². The quantitative estimate of drug-likeness (QED) is 0.645. The molecule has 0 aliphatic carbocycles. The average molecular weight is 257 g/mol. The Morgan fingerprint density at radius 2 is 2.06 bits per heavy atom. The SMILES string of the molecule is CC1CCCN(C(C)C(=O)NC(N)=O)C1C(=O)O. The number of carbonyl (C=O) groups is 3. The van der Waals surface area contributed by atoms with E-state index < -0.39 is 30.0 Å². The number of nitrogens with two attached hydrogens (primary N) is 1. The van der Waals surface area contributed by atoms with Gasteiger partial charge in [-0.3, -0.25) is 19.8 Å². The van der Waals surface area contributed by atoms with Gasteiger partial charge >= 0.3 is 12.0 Å². The highest BCUT2D eigenvalue weighted by molar-refractivity contribution is 5.96. The number of imide groups is 1. The van der Waals surface area contributed by atoms with Crippen molar-refractivity contribution in [1.29, 1.82) is 0 Å². The van der Waals surface area contributed by atoms with Crippen molar-refractivity contribution in [3.8, 4) is 0 Å². The van der Waals surface area contributed by atoms with Gasteiger partial charge < -0.3 is 10.8 Å². The number of piperidine rings is 1. The molecule has 0 aromatic heterocycles. The van der Waals surface area contributed by atoms with Gasteiger partial charge in [-0.25, -0.2) is 4.79 Å². The summed E-state index contributed by atoms with van der Waals surface area (Å²) in [7, 11) is 0. The zero-order valence-electron chi connectivity index (χ0n) is 10.5. The van der Waals surface area contributed by atoms with E-state index in [-0.39, 0.29) is 5.92 Å². The lowest BCUT2D eigenvalue weighted by molar-refractivity contribution is -0.149. The molecule has 7 heteroatoms. The standard InChI is InChI=1S/C11H19N3O4/c1-6-4-3-5-14(8(6)10(16)17)7(2)9(15)13-11(12)18/h6-8H,3-5H2,1-2H3,(H,16,17)(H3,12,13,15,18). The summed E-state index contributed by atoms with van der Waals surface area (Å²) in [6.07, 6.45) is 1.65. The molecule has 4 N–H and O–H groups in total. The Morgan fingerprint density at radius 1 is 1.44 bits per heavy atom. The van der Waals surface area contributed by atoms with Gasteiger partial charge in [0, 0.05) is 0 Å². The van der Waals surface area contributed by atoms with Gasteiger partial charge in [0.05, 0.1) is 6.04 Å². The van der Waals surface area contributed by atoms with Crippen LogP contribution in [0.5, 0.6) is 0 Å². The minimum Gasteiger partial charge on any atom is -0.480 e. The van der Waals surface area contributed by atoms with E-state index >= 15 is 0 Å². The first-order chi connectivity index (χ1) is 8.34. The van der Waals surface area contributed by atoms with Crippen LogP contribution < -0.4 is 11.1 Å². The van der Waals surface area contributed by atoms with E-state index in [1.165, 1.54) is 0 Å². The van der Waals surface area contributed by atoms with Crippen LogP contribution in [0.2, 0.25) is 0 Å². The molecule has 0 aromatic carbocycles. The summed E-state index contributed by atoms with van der Waals surface area (Å²) < 4.78 is 0. The summed E-state index contributed by atoms with van der Waals surface area (Å²) >= 11 is 0. The third-order valence-corrected chi connectivity index (χ3v) is 3.35. The van der Waals surface area contributed by atoms with E-state index in [9.17, 15) is 19.5 Å². The Bertz CT molecular complexity index is 358. The van der Waals surface area contributed by atoms with Crippen molar-refractivity contribution in [2.24, 2.45) is 11.7 Å². The number of primary amides is 1. The summed E-state index contributed by atoms with van der Waals surface area (Å²) in [5.74, 6) is -1.54. The van der Waals surface area contributed by atoms with E-state index in [1.54, 1.807) is 11.8 Å². The van der Waals surface area contributed by atoms with Crippen LogP contribution in [0.4, 0.5) is 4.79 Å². The fourth-order valence-corrected chi connectivity index (χ4v) is 2.42. The number of carboxylic acids is 1. The van der Waals surface area contributed by atoms with Gasteiger partial charge in [0.2, 0.25) is 5.91 Å².